The van der Waals surface area contributed by atoms with Crippen LogP contribution in [-0.2, 0) is 11.3 Å². The van der Waals surface area contributed by atoms with E-state index in [1.54, 1.807) is 4.57 Å². The van der Waals surface area contributed by atoms with Crippen LogP contribution in [0.4, 0.5) is 0 Å². The maximum absolute atomic E-state index is 12.7. The van der Waals surface area contributed by atoms with Crippen molar-refractivity contribution in [1.29, 1.82) is 0 Å². The van der Waals surface area contributed by atoms with E-state index in [2.05, 4.69) is 10.2 Å². The predicted octanol–water partition coefficient (Wildman–Crippen LogP) is 2.19. The molecule has 0 saturated carbocycles. The Labute approximate surface area is 132 Å². The van der Waals surface area contributed by atoms with Crippen LogP contribution < -0.4 is 5.56 Å². The minimum Gasteiger partial charge on any atom is -0.382 e. The molecule has 0 amide bonds. The second-order valence-electron chi connectivity index (χ2n) is 4.85. The Kier molecular flexibility index (Phi) is 4.44. The second kappa shape index (κ2) is 6.50. The van der Waals surface area contributed by atoms with Crippen molar-refractivity contribution in [1.82, 2.24) is 19.2 Å². The van der Waals surface area contributed by atoms with E-state index in [-0.39, 0.29) is 5.56 Å². The fourth-order valence-corrected chi connectivity index (χ4v) is 3.02. The van der Waals surface area contributed by atoms with Crippen LogP contribution in [0.1, 0.15) is 13.3 Å². The summed E-state index contributed by atoms with van der Waals surface area (Å²) in [6.07, 6.45) is 2.72. The molecule has 0 aliphatic carbocycles. The molecular formula is C15H18N4O2S. The maximum atomic E-state index is 12.7. The zero-order valence-electron chi connectivity index (χ0n) is 12.7. The van der Waals surface area contributed by atoms with E-state index in [1.807, 2.05) is 41.8 Å². The molecule has 0 aliphatic rings. The van der Waals surface area contributed by atoms with Gasteiger partial charge >= 0.3 is 0 Å². The average molecular weight is 318 g/mol. The minimum atomic E-state index is -0.0281. The number of thioether (sulfide) groups is 1. The van der Waals surface area contributed by atoms with Crippen molar-refractivity contribution >= 4 is 28.4 Å². The van der Waals surface area contributed by atoms with Crippen LogP contribution >= 0.6 is 11.8 Å². The van der Waals surface area contributed by atoms with Crippen LogP contribution in [0.25, 0.3) is 16.7 Å². The second-order valence-corrected chi connectivity index (χ2v) is 5.62. The van der Waals surface area contributed by atoms with Gasteiger partial charge in [-0.05, 0) is 31.7 Å². The molecule has 0 atom stereocenters. The number of hydrogen-bond donors (Lipinski definition) is 0. The molecule has 2 aromatic heterocycles. The number of benzene rings is 1. The largest absolute Gasteiger partial charge is 0.382 e. The third kappa shape index (κ3) is 2.50. The molecule has 0 unspecified atom stereocenters. The van der Waals surface area contributed by atoms with Crippen LogP contribution in [0, 0.1) is 0 Å². The lowest BCUT2D eigenvalue weighted by Gasteiger charge is -2.10. The fraction of sp³-hybridized carbons (Fsp3) is 0.400. The number of para-hydroxylation sites is 1. The Balaban J connectivity index is 2.19. The first-order chi connectivity index (χ1) is 10.8. The van der Waals surface area contributed by atoms with Crippen LogP contribution in [0.15, 0.2) is 34.2 Å². The van der Waals surface area contributed by atoms with Crippen molar-refractivity contribution in [2.45, 2.75) is 25.0 Å². The molecular weight excluding hydrogens is 300 g/mol. The summed E-state index contributed by atoms with van der Waals surface area (Å²) in [5, 5.41) is 9.87. The van der Waals surface area contributed by atoms with Crippen molar-refractivity contribution in [3.8, 4) is 0 Å². The van der Waals surface area contributed by atoms with Crippen molar-refractivity contribution < 1.29 is 4.74 Å². The number of fused-ring (bicyclic) bond motifs is 3. The summed E-state index contributed by atoms with van der Waals surface area (Å²) in [5.74, 6) is 0.588. The molecule has 0 fully saturated rings. The lowest BCUT2D eigenvalue weighted by atomic mass is 10.2. The van der Waals surface area contributed by atoms with Gasteiger partial charge in [-0.1, -0.05) is 23.9 Å². The van der Waals surface area contributed by atoms with Gasteiger partial charge in [-0.2, -0.15) is 0 Å². The molecule has 0 aliphatic heterocycles. The number of rotatable bonds is 6. The first-order valence-corrected chi connectivity index (χ1v) is 8.48. The van der Waals surface area contributed by atoms with Crippen molar-refractivity contribution in [3.63, 3.8) is 0 Å². The summed E-state index contributed by atoms with van der Waals surface area (Å²) < 4.78 is 8.99. The number of aryl methyl sites for hydroxylation is 1. The first-order valence-electron chi connectivity index (χ1n) is 7.26. The lowest BCUT2D eigenvalue weighted by Crippen LogP contribution is -2.24. The molecule has 22 heavy (non-hydrogen) atoms. The topological polar surface area (TPSA) is 61.4 Å². The van der Waals surface area contributed by atoms with Gasteiger partial charge in [0.25, 0.3) is 5.56 Å². The van der Waals surface area contributed by atoms with Crippen LogP contribution in [-0.4, -0.2) is 38.6 Å². The first kappa shape index (κ1) is 15.1. The molecule has 7 heteroatoms. The highest BCUT2D eigenvalue weighted by atomic mass is 32.2. The van der Waals surface area contributed by atoms with Crippen LogP contribution in [0.2, 0.25) is 0 Å². The highest BCUT2D eigenvalue weighted by Crippen LogP contribution is 2.19. The minimum absolute atomic E-state index is 0.0281. The van der Waals surface area contributed by atoms with Gasteiger partial charge in [0.2, 0.25) is 5.78 Å². The number of ether oxygens (including phenoxy) is 1. The highest BCUT2D eigenvalue weighted by Gasteiger charge is 2.15. The van der Waals surface area contributed by atoms with E-state index in [1.165, 1.54) is 11.8 Å². The summed E-state index contributed by atoms with van der Waals surface area (Å²) in [5.41, 5.74) is 0.817. The van der Waals surface area contributed by atoms with E-state index < -0.39 is 0 Å². The summed E-state index contributed by atoms with van der Waals surface area (Å²) in [6, 6.07) is 7.57. The lowest BCUT2D eigenvalue weighted by molar-refractivity contribution is 0.141. The monoisotopic (exact) mass is 318 g/mol. The van der Waals surface area contributed by atoms with E-state index in [9.17, 15) is 4.79 Å². The molecule has 0 saturated heterocycles. The molecule has 0 N–H and O–H groups in total. The van der Waals surface area contributed by atoms with Gasteiger partial charge in [-0.25, -0.2) is 0 Å². The van der Waals surface area contributed by atoms with Gasteiger partial charge in [-0.15, -0.1) is 10.2 Å². The molecule has 3 rings (SSSR count). The Hall–Kier alpha value is -1.86. The van der Waals surface area contributed by atoms with E-state index in [0.717, 1.165) is 17.1 Å². The Morgan fingerprint density at radius 1 is 1.27 bits per heavy atom. The molecule has 116 valence electrons. The van der Waals surface area contributed by atoms with Crippen LogP contribution in [0.5, 0.6) is 0 Å². The zero-order valence-corrected chi connectivity index (χ0v) is 13.5. The van der Waals surface area contributed by atoms with Gasteiger partial charge in [0.1, 0.15) is 0 Å². The third-order valence-corrected chi connectivity index (χ3v) is 4.16. The molecule has 1 aromatic carbocycles. The standard InChI is InChI=1S/C15H18N4O2S/c1-3-21-10-6-9-18-13(20)11-7-4-5-8-12(11)19-14(18)16-17-15(19)22-2/h4-5,7-8H,3,6,9-10H2,1-2H3. The van der Waals surface area contributed by atoms with Gasteiger partial charge in [0, 0.05) is 19.8 Å². The van der Waals surface area contributed by atoms with E-state index in [4.69, 9.17) is 4.74 Å². The van der Waals surface area contributed by atoms with Gasteiger partial charge in [0.15, 0.2) is 5.16 Å². The number of aromatic nitrogens is 4. The van der Waals surface area contributed by atoms with Crippen LogP contribution in [0.3, 0.4) is 0 Å². The number of nitrogens with zero attached hydrogens (tertiary/aromatic N) is 4. The number of hydrogen-bond acceptors (Lipinski definition) is 5. The Morgan fingerprint density at radius 2 is 2.09 bits per heavy atom. The molecule has 6 nitrogen and oxygen atoms in total. The van der Waals surface area contributed by atoms with Gasteiger partial charge in [-0.3, -0.25) is 13.8 Å². The van der Waals surface area contributed by atoms with Crippen molar-refractivity contribution in [2.24, 2.45) is 0 Å². The molecule has 0 radical (unpaired) electrons. The zero-order chi connectivity index (χ0) is 15.5. The van der Waals surface area contributed by atoms with Crippen molar-refractivity contribution in [2.75, 3.05) is 19.5 Å². The predicted molar refractivity (Wildman–Crippen MR) is 87.6 cm³/mol. The van der Waals surface area contributed by atoms with Gasteiger partial charge in [0.05, 0.1) is 10.9 Å². The average Bonchev–Trinajstić information content (AvgIpc) is 2.98. The van der Waals surface area contributed by atoms with Gasteiger partial charge < -0.3 is 4.74 Å². The third-order valence-electron chi connectivity index (χ3n) is 3.54. The molecule has 0 bridgehead atoms. The molecule has 2 heterocycles. The Bertz CT molecular complexity index is 856. The SMILES string of the molecule is CCOCCCn1c(=O)c2ccccc2n2c(SC)nnc12. The summed E-state index contributed by atoms with van der Waals surface area (Å²) in [7, 11) is 0. The highest BCUT2D eigenvalue weighted by molar-refractivity contribution is 7.98. The Morgan fingerprint density at radius 3 is 2.86 bits per heavy atom. The normalized spacial score (nSPS) is 11.5. The smallest absolute Gasteiger partial charge is 0.262 e. The fourth-order valence-electron chi connectivity index (χ4n) is 2.54. The van der Waals surface area contributed by atoms with E-state index in [0.29, 0.717) is 30.9 Å². The van der Waals surface area contributed by atoms with E-state index >= 15 is 0 Å². The summed E-state index contributed by atoms with van der Waals surface area (Å²) >= 11 is 1.52. The molecule has 0 spiro atoms. The molecule has 3 aromatic rings. The quantitative estimate of drug-likeness (QED) is 0.515. The summed E-state index contributed by atoms with van der Waals surface area (Å²) in [4.78, 5) is 12.7. The maximum Gasteiger partial charge on any atom is 0.262 e. The summed E-state index contributed by atoms with van der Waals surface area (Å²) in [6.45, 7) is 3.85. The van der Waals surface area contributed by atoms with Crippen molar-refractivity contribution in [3.05, 3.63) is 34.6 Å².